The van der Waals surface area contributed by atoms with E-state index >= 15 is 0 Å². The number of methoxy groups -OCH3 is 1. The zero-order valence-electron chi connectivity index (χ0n) is 13.4. The maximum atomic E-state index is 11.9. The van der Waals surface area contributed by atoms with Crippen LogP contribution in [0.3, 0.4) is 0 Å². The Labute approximate surface area is 139 Å². The Bertz CT molecular complexity index is 682. The van der Waals surface area contributed by atoms with Gasteiger partial charge >= 0.3 is 0 Å². The Balaban J connectivity index is 2.12. The lowest BCUT2D eigenvalue weighted by Gasteiger charge is -2.10. The molecule has 0 aliphatic heterocycles. The number of carbonyl (C=O) groups is 1. The van der Waals surface area contributed by atoms with Crippen LogP contribution in [0.4, 0.5) is 0 Å². The van der Waals surface area contributed by atoms with Crippen LogP contribution in [0.1, 0.15) is 6.92 Å². The van der Waals surface area contributed by atoms with Gasteiger partial charge in [0.2, 0.25) is 5.91 Å². The third-order valence-corrected chi connectivity index (χ3v) is 4.39. The Kier molecular flexibility index (Phi) is 5.81. The van der Waals surface area contributed by atoms with Crippen molar-refractivity contribution in [3.05, 3.63) is 36.9 Å². The third kappa shape index (κ3) is 4.13. The first-order valence-electron chi connectivity index (χ1n) is 7.16. The SMILES string of the molecule is C=CCNC(=O)[C@H](C)Sc1nnc(-c2ccc(OC)cc2)n1C. The van der Waals surface area contributed by atoms with E-state index in [1.165, 1.54) is 11.8 Å². The standard InChI is InChI=1S/C16H20N4O2S/c1-5-10-17-15(21)11(2)23-16-19-18-14(20(16)3)12-6-8-13(22-4)9-7-12/h5-9,11H,1,10H2,2-4H3,(H,17,21)/t11-/m0/s1. The fourth-order valence-electron chi connectivity index (χ4n) is 1.94. The van der Waals surface area contributed by atoms with Crippen LogP contribution >= 0.6 is 11.8 Å². The van der Waals surface area contributed by atoms with Gasteiger partial charge in [-0.25, -0.2) is 0 Å². The van der Waals surface area contributed by atoms with E-state index in [-0.39, 0.29) is 11.2 Å². The average molecular weight is 332 g/mol. The number of rotatable bonds is 7. The Morgan fingerprint density at radius 2 is 2.13 bits per heavy atom. The van der Waals surface area contributed by atoms with Gasteiger partial charge in [0.25, 0.3) is 0 Å². The molecular weight excluding hydrogens is 312 g/mol. The predicted molar refractivity (Wildman–Crippen MR) is 91.5 cm³/mol. The normalized spacial score (nSPS) is 11.8. The van der Waals surface area contributed by atoms with Gasteiger partial charge in [0.05, 0.1) is 12.4 Å². The number of amides is 1. The molecule has 1 atom stereocenters. The molecule has 0 spiro atoms. The summed E-state index contributed by atoms with van der Waals surface area (Å²) in [6.07, 6.45) is 1.65. The molecular formula is C16H20N4O2S. The summed E-state index contributed by atoms with van der Waals surface area (Å²) in [5.41, 5.74) is 0.941. The summed E-state index contributed by atoms with van der Waals surface area (Å²) in [5, 5.41) is 11.6. The van der Waals surface area contributed by atoms with Gasteiger partial charge < -0.3 is 14.6 Å². The van der Waals surface area contributed by atoms with Gasteiger partial charge in [-0.1, -0.05) is 17.8 Å². The quantitative estimate of drug-likeness (QED) is 0.622. The molecule has 2 rings (SSSR count). The lowest BCUT2D eigenvalue weighted by atomic mass is 10.2. The molecule has 2 aromatic rings. The van der Waals surface area contributed by atoms with Crippen molar-refractivity contribution < 1.29 is 9.53 Å². The minimum absolute atomic E-state index is 0.0519. The topological polar surface area (TPSA) is 69.0 Å². The zero-order valence-corrected chi connectivity index (χ0v) is 14.3. The minimum atomic E-state index is -0.262. The number of hydrogen-bond acceptors (Lipinski definition) is 5. The number of aromatic nitrogens is 3. The second-order valence-corrected chi connectivity index (χ2v) is 6.20. The van der Waals surface area contributed by atoms with Gasteiger partial charge in [0.1, 0.15) is 5.75 Å². The van der Waals surface area contributed by atoms with E-state index in [1.54, 1.807) is 13.2 Å². The highest BCUT2D eigenvalue weighted by atomic mass is 32.2. The Morgan fingerprint density at radius 3 is 2.74 bits per heavy atom. The van der Waals surface area contributed by atoms with Crippen LogP contribution < -0.4 is 10.1 Å². The first-order valence-corrected chi connectivity index (χ1v) is 8.04. The maximum absolute atomic E-state index is 11.9. The summed E-state index contributed by atoms with van der Waals surface area (Å²) in [5.74, 6) is 1.48. The Hall–Kier alpha value is -2.28. The van der Waals surface area contributed by atoms with Crippen molar-refractivity contribution in [2.24, 2.45) is 7.05 Å². The van der Waals surface area contributed by atoms with Crippen molar-refractivity contribution in [1.29, 1.82) is 0 Å². The van der Waals surface area contributed by atoms with Crippen molar-refractivity contribution >= 4 is 17.7 Å². The molecule has 122 valence electrons. The van der Waals surface area contributed by atoms with Crippen LogP contribution in [0.15, 0.2) is 42.1 Å². The van der Waals surface area contributed by atoms with Gasteiger partial charge in [-0.15, -0.1) is 16.8 Å². The first kappa shape index (κ1) is 17.1. The van der Waals surface area contributed by atoms with E-state index in [1.807, 2.05) is 42.8 Å². The molecule has 1 aromatic heterocycles. The molecule has 0 saturated carbocycles. The summed E-state index contributed by atoms with van der Waals surface area (Å²) in [6, 6.07) is 7.61. The van der Waals surface area contributed by atoms with E-state index in [4.69, 9.17) is 4.74 Å². The fourth-order valence-corrected chi connectivity index (χ4v) is 2.78. The van der Waals surface area contributed by atoms with E-state index in [2.05, 4.69) is 22.1 Å². The zero-order chi connectivity index (χ0) is 16.8. The average Bonchev–Trinajstić information content (AvgIpc) is 2.93. The van der Waals surface area contributed by atoms with E-state index in [0.29, 0.717) is 11.7 Å². The van der Waals surface area contributed by atoms with E-state index < -0.39 is 0 Å². The van der Waals surface area contributed by atoms with Crippen LogP contribution in [-0.4, -0.2) is 39.6 Å². The molecule has 1 N–H and O–H groups in total. The molecule has 0 aliphatic carbocycles. The van der Waals surface area contributed by atoms with Crippen LogP contribution in [0.5, 0.6) is 5.75 Å². The second-order valence-electron chi connectivity index (χ2n) is 4.89. The van der Waals surface area contributed by atoms with Crippen LogP contribution in [0.2, 0.25) is 0 Å². The summed E-state index contributed by atoms with van der Waals surface area (Å²) < 4.78 is 7.03. The van der Waals surface area contributed by atoms with Crippen molar-refractivity contribution in [3.63, 3.8) is 0 Å². The van der Waals surface area contributed by atoms with Crippen molar-refractivity contribution in [1.82, 2.24) is 20.1 Å². The van der Waals surface area contributed by atoms with Gasteiger partial charge in [0.15, 0.2) is 11.0 Å². The van der Waals surface area contributed by atoms with E-state index in [0.717, 1.165) is 17.1 Å². The highest BCUT2D eigenvalue weighted by Gasteiger charge is 2.18. The molecule has 1 heterocycles. The lowest BCUT2D eigenvalue weighted by Crippen LogP contribution is -2.31. The number of hydrogen-bond donors (Lipinski definition) is 1. The van der Waals surface area contributed by atoms with E-state index in [9.17, 15) is 4.79 Å². The van der Waals surface area contributed by atoms with Crippen LogP contribution in [0.25, 0.3) is 11.4 Å². The number of ether oxygens (including phenoxy) is 1. The Morgan fingerprint density at radius 1 is 1.43 bits per heavy atom. The fraction of sp³-hybridized carbons (Fsp3) is 0.312. The first-order chi connectivity index (χ1) is 11.1. The summed E-state index contributed by atoms with van der Waals surface area (Å²) >= 11 is 1.37. The summed E-state index contributed by atoms with van der Waals surface area (Å²) in [6.45, 7) is 5.88. The van der Waals surface area contributed by atoms with Crippen molar-refractivity contribution in [3.8, 4) is 17.1 Å². The summed E-state index contributed by atoms with van der Waals surface area (Å²) in [4.78, 5) is 11.9. The molecule has 0 fully saturated rings. The number of nitrogens with zero attached hydrogens (tertiary/aromatic N) is 3. The highest BCUT2D eigenvalue weighted by molar-refractivity contribution is 8.00. The number of thioether (sulfide) groups is 1. The molecule has 1 aromatic carbocycles. The predicted octanol–water partition coefficient (Wildman–Crippen LogP) is 2.27. The monoisotopic (exact) mass is 332 g/mol. The third-order valence-electron chi connectivity index (χ3n) is 3.26. The smallest absolute Gasteiger partial charge is 0.233 e. The van der Waals surface area contributed by atoms with Gasteiger partial charge in [-0.2, -0.15) is 0 Å². The molecule has 0 unspecified atom stereocenters. The lowest BCUT2D eigenvalue weighted by molar-refractivity contribution is -0.120. The molecule has 6 nitrogen and oxygen atoms in total. The number of nitrogens with one attached hydrogen (secondary N) is 1. The molecule has 0 bridgehead atoms. The minimum Gasteiger partial charge on any atom is -0.497 e. The second kappa shape index (κ2) is 7.82. The summed E-state index contributed by atoms with van der Waals surface area (Å²) in [7, 11) is 3.52. The van der Waals surface area contributed by atoms with Crippen LogP contribution in [-0.2, 0) is 11.8 Å². The van der Waals surface area contributed by atoms with Gasteiger partial charge in [0, 0.05) is 19.2 Å². The largest absolute Gasteiger partial charge is 0.497 e. The van der Waals surface area contributed by atoms with Crippen molar-refractivity contribution in [2.45, 2.75) is 17.3 Å². The highest BCUT2D eigenvalue weighted by Crippen LogP contribution is 2.26. The molecule has 0 aliphatic rings. The van der Waals surface area contributed by atoms with Gasteiger partial charge in [-0.05, 0) is 31.2 Å². The molecule has 0 radical (unpaired) electrons. The molecule has 7 heteroatoms. The van der Waals surface area contributed by atoms with Crippen molar-refractivity contribution in [2.75, 3.05) is 13.7 Å². The van der Waals surface area contributed by atoms with Crippen LogP contribution in [0, 0.1) is 0 Å². The molecule has 23 heavy (non-hydrogen) atoms. The van der Waals surface area contributed by atoms with Gasteiger partial charge in [-0.3, -0.25) is 4.79 Å². The molecule has 0 saturated heterocycles. The number of carbonyl (C=O) groups excluding carboxylic acids is 1. The molecule has 1 amide bonds. The number of benzene rings is 1. The maximum Gasteiger partial charge on any atom is 0.233 e.